The maximum absolute atomic E-state index is 12.5. The molecule has 6 nitrogen and oxygen atoms in total. The molecule has 1 aromatic heterocycles. The summed E-state index contributed by atoms with van der Waals surface area (Å²) in [5.74, 6) is -0.555. The Balaban J connectivity index is 2.16. The molecule has 1 N–H and O–H groups in total. The van der Waals surface area contributed by atoms with Crippen LogP contribution in [0, 0.1) is 0 Å². The highest BCUT2D eigenvalue weighted by molar-refractivity contribution is 5.94. The largest absolute Gasteiger partial charge is 0.497 e. The molecule has 0 saturated heterocycles. The average molecular weight is 344 g/mol. The van der Waals surface area contributed by atoms with E-state index in [4.69, 9.17) is 14.2 Å². The predicted molar refractivity (Wildman–Crippen MR) is 94.5 cm³/mol. The van der Waals surface area contributed by atoms with Crippen LogP contribution in [0.5, 0.6) is 5.75 Å². The zero-order chi connectivity index (χ0) is 18.1. The third kappa shape index (κ3) is 4.78. The molecule has 0 unspecified atom stereocenters. The first-order valence-corrected chi connectivity index (χ1v) is 8.26. The van der Waals surface area contributed by atoms with Crippen LogP contribution in [0.4, 0.5) is 0 Å². The Morgan fingerprint density at radius 2 is 1.64 bits per heavy atom. The molecule has 0 saturated carbocycles. The van der Waals surface area contributed by atoms with E-state index in [9.17, 15) is 4.79 Å². The van der Waals surface area contributed by atoms with Gasteiger partial charge in [0.15, 0.2) is 0 Å². The Labute approximate surface area is 148 Å². The van der Waals surface area contributed by atoms with E-state index in [2.05, 4.69) is 10.3 Å². The van der Waals surface area contributed by atoms with Crippen molar-refractivity contribution in [1.29, 1.82) is 0 Å². The molecule has 0 bridgehead atoms. The van der Waals surface area contributed by atoms with Crippen LogP contribution >= 0.6 is 0 Å². The number of amides is 1. The molecule has 0 aliphatic heterocycles. The van der Waals surface area contributed by atoms with Crippen molar-refractivity contribution in [2.75, 3.05) is 26.9 Å². The number of carbonyl (C=O) groups excluding carboxylic acids is 1. The fourth-order valence-electron chi connectivity index (χ4n) is 2.53. The summed E-state index contributed by atoms with van der Waals surface area (Å²) in [6, 6.07) is 10.6. The van der Waals surface area contributed by atoms with Gasteiger partial charge in [0.1, 0.15) is 5.75 Å². The molecule has 1 aromatic carbocycles. The normalized spacial score (nSPS) is 11.2. The summed E-state index contributed by atoms with van der Waals surface area (Å²) >= 11 is 0. The van der Waals surface area contributed by atoms with Gasteiger partial charge in [0.25, 0.3) is 5.91 Å². The standard InChI is InChI=1S/C19H24N2O4/c1-4-24-19(25-5-2,16-10-12-20-13-11-16)14-21-18(22)15-6-8-17(23-3)9-7-15/h6-13H,4-5,14H2,1-3H3,(H,21,22). The van der Waals surface area contributed by atoms with Crippen molar-refractivity contribution >= 4 is 5.91 Å². The molecule has 0 aliphatic rings. The number of aromatic nitrogens is 1. The van der Waals surface area contributed by atoms with Crippen LogP contribution < -0.4 is 10.1 Å². The van der Waals surface area contributed by atoms with E-state index in [0.29, 0.717) is 24.5 Å². The quantitative estimate of drug-likeness (QED) is 0.708. The van der Waals surface area contributed by atoms with E-state index in [-0.39, 0.29) is 12.5 Å². The molecule has 1 heterocycles. The van der Waals surface area contributed by atoms with Crippen molar-refractivity contribution in [1.82, 2.24) is 10.3 Å². The minimum Gasteiger partial charge on any atom is -0.497 e. The number of nitrogens with zero attached hydrogens (tertiary/aromatic N) is 1. The first-order valence-electron chi connectivity index (χ1n) is 8.26. The second-order valence-corrected chi connectivity index (χ2v) is 5.27. The number of benzene rings is 1. The third-order valence-corrected chi connectivity index (χ3v) is 3.71. The number of methoxy groups -OCH3 is 1. The van der Waals surface area contributed by atoms with Gasteiger partial charge in [0.2, 0.25) is 5.79 Å². The van der Waals surface area contributed by atoms with Gasteiger partial charge in [-0.2, -0.15) is 0 Å². The highest BCUT2D eigenvalue weighted by atomic mass is 16.7. The number of ether oxygens (including phenoxy) is 3. The molecule has 0 radical (unpaired) electrons. The molecule has 25 heavy (non-hydrogen) atoms. The highest BCUT2D eigenvalue weighted by Gasteiger charge is 2.34. The minimum absolute atomic E-state index is 0.184. The Kier molecular flexibility index (Phi) is 6.91. The molecule has 0 aliphatic carbocycles. The zero-order valence-corrected chi connectivity index (χ0v) is 14.8. The lowest BCUT2D eigenvalue weighted by Gasteiger charge is -2.33. The molecule has 0 fully saturated rings. The smallest absolute Gasteiger partial charge is 0.251 e. The number of hydrogen-bond acceptors (Lipinski definition) is 5. The predicted octanol–water partition coefficient (Wildman–Crippen LogP) is 2.75. The Bertz CT molecular complexity index is 653. The van der Waals surface area contributed by atoms with Crippen LogP contribution in [0.2, 0.25) is 0 Å². The molecule has 2 rings (SSSR count). The fourth-order valence-corrected chi connectivity index (χ4v) is 2.53. The minimum atomic E-state index is -1.05. The van der Waals surface area contributed by atoms with Crippen molar-refractivity contribution in [2.45, 2.75) is 19.6 Å². The Hall–Kier alpha value is -2.44. The molecule has 6 heteroatoms. The van der Waals surface area contributed by atoms with Gasteiger partial charge in [0, 0.05) is 36.7 Å². The lowest BCUT2D eigenvalue weighted by molar-refractivity contribution is -0.237. The number of hydrogen-bond donors (Lipinski definition) is 1. The molecule has 1 amide bonds. The van der Waals surface area contributed by atoms with E-state index in [1.165, 1.54) is 0 Å². The summed E-state index contributed by atoms with van der Waals surface area (Å²) in [6.45, 7) is 4.85. The van der Waals surface area contributed by atoms with E-state index in [1.54, 1.807) is 43.8 Å². The van der Waals surface area contributed by atoms with E-state index < -0.39 is 5.79 Å². The molecule has 0 spiro atoms. The van der Waals surface area contributed by atoms with Crippen LogP contribution in [-0.4, -0.2) is 37.8 Å². The van der Waals surface area contributed by atoms with Gasteiger partial charge in [-0.25, -0.2) is 0 Å². The molecular weight excluding hydrogens is 320 g/mol. The van der Waals surface area contributed by atoms with Gasteiger partial charge in [0.05, 0.1) is 13.7 Å². The summed E-state index contributed by atoms with van der Waals surface area (Å²) < 4.78 is 16.9. The van der Waals surface area contributed by atoms with Crippen molar-refractivity contribution < 1.29 is 19.0 Å². The number of carbonyl (C=O) groups is 1. The van der Waals surface area contributed by atoms with E-state index >= 15 is 0 Å². The van der Waals surface area contributed by atoms with Crippen molar-refractivity contribution in [3.8, 4) is 5.75 Å². The van der Waals surface area contributed by atoms with Crippen molar-refractivity contribution in [2.24, 2.45) is 0 Å². The zero-order valence-electron chi connectivity index (χ0n) is 14.8. The fraction of sp³-hybridized carbons (Fsp3) is 0.368. The van der Waals surface area contributed by atoms with Crippen molar-refractivity contribution in [3.05, 3.63) is 59.9 Å². The molecule has 134 valence electrons. The highest BCUT2D eigenvalue weighted by Crippen LogP contribution is 2.26. The summed E-state index contributed by atoms with van der Waals surface area (Å²) in [5, 5.41) is 2.90. The van der Waals surface area contributed by atoms with Crippen LogP contribution in [0.25, 0.3) is 0 Å². The second-order valence-electron chi connectivity index (χ2n) is 5.27. The summed E-state index contributed by atoms with van der Waals surface area (Å²) in [4.78, 5) is 16.5. The lowest BCUT2D eigenvalue weighted by Crippen LogP contribution is -2.45. The Morgan fingerprint density at radius 1 is 1.04 bits per heavy atom. The van der Waals surface area contributed by atoms with Crippen LogP contribution in [0.1, 0.15) is 29.8 Å². The van der Waals surface area contributed by atoms with E-state index in [0.717, 1.165) is 5.56 Å². The second kappa shape index (κ2) is 9.15. The van der Waals surface area contributed by atoms with Crippen LogP contribution in [0.3, 0.4) is 0 Å². The van der Waals surface area contributed by atoms with Gasteiger partial charge < -0.3 is 19.5 Å². The molecule has 0 atom stereocenters. The third-order valence-electron chi connectivity index (χ3n) is 3.71. The van der Waals surface area contributed by atoms with Gasteiger partial charge in [-0.15, -0.1) is 0 Å². The lowest BCUT2D eigenvalue weighted by atomic mass is 10.1. The number of pyridine rings is 1. The van der Waals surface area contributed by atoms with Crippen LogP contribution in [0.15, 0.2) is 48.8 Å². The first kappa shape index (κ1) is 18.9. The average Bonchev–Trinajstić information content (AvgIpc) is 2.67. The van der Waals surface area contributed by atoms with Crippen LogP contribution in [-0.2, 0) is 15.3 Å². The first-order chi connectivity index (χ1) is 12.1. The monoisotopic (exact) mass is 344 g/mol. The number of rotatable bonds is 9. The maximum Gasteiger partial charge on any atom is 0.251 e. The summed E-state index contributed by atoms with van der Waals surface area (Å²) in [7, 11) is 1.59. The molecular formula is C19H24N2O4. The maximum atomic E-state index is 12.5. The molecule has 2 aromatic rings. The van der Waals surface area contributed by atoms with Gasteiger partial charge >= 0.3 is 0 Å². The number of nitrogens with one attached hydrogen (secondary N) is 1. The van der Waals surface area contributed by atoms with Gasteiger partial charge in [-0.1, -0.05) is 0 Å². The SMILES string of the molecule is CCOC(CNC(=O)c1ccc(OC)cc1)(OCC)c1ccncc1. The summed E-state index contributed by atoms with van der Waals surface area (Å²) in [6.07, 6.45) is 3.35. The van der Waals surface area contributed by atoms with E-state index in [1.807, 2.05) is 26.0 Å². The van der Waals surface area contributed by atoms with Crippen molar-refractivity contribution in [3.63, 3.8) is 0 Å². The van der Waals surface area contributed by atoms with Gasteiger partial charge in [-0.05, 0) is 50.2 Å². The Morgan fingerprint density at radius 3 is 2.16 bits per heavy atom. The summed E-state index contributed by atoms with van der Waals surface area (Å²) in [5.41, 5.74) is 1.35. The van der Waals surface area contributed by atoms with Gasteiger partial charge in [-0.3, -0.25) is 9.78 Å². The topological polar surface area (TPSA) is 69.7 Å².